The zero-order valence-corrected chi connectivity index (χ0v) is 23.5. The molecule has 1 saturated heterocycles. The van der Waals surface area contributed by atoms with Crippen LogP contribution in [0.2, 0.25) is 0 Å². The Labute approximate surface area is 232 Å². The Hall–Kier alpha value is -3.42. The van der Waals surface area contributed by atoms with Crippen molar-refractivity contribution in [3.8, 4) is 0 Å². The highest BCUT2D eigenvalue weighted by Gasteiger charge is 2.46. The normalized spacial score (nSPS) is 17.8. The van der Waals surface area contributed by atoms with Crippen LogP contribution >= 0.6 is 0 Å². The smallest absolute Gasteiger partial charge is 0.294 e. The monoisotopic (exact) mass is 590 g/mol. The fourth-order valence-electron chi connectivity index (χ4n) is 5.15. The zero-order valence-electron chi connectivity index (χ0n) is 21.9. The minimum Gasteiger partial charge on any atom is -0.295 e. The minimum atomic E-state index is -4.32. The van der Waals surface area contributed by atoms with Crippen molar-refractivity contribution in [2.45, 2.75) is 74.1 Å². The third-order valence-corrected chi connectivity index (χ3v) is 9.91. The summed E-state index contributed by atoms with van der Waals surface area (Å²) in [5.41, 5.74) is 1.08. The van der Waals surface area contributed by atoms with Gasteiger partial charge in [0.05, 0.1) is 26.7 Å². The van der Waals surface area contributed by atoms with E-state index in [1.807, 2.05) is 6.92 Å². The highest BCUT2D eigenvalue weighted by Crippen LogP contribution is 2.32. The molecule has 4 amide bonds. The van der Waals surface area contributed by atoms with Gasteiger partial charge < -0.3 is 0 Å². The van der Waals surface area contributed by atoms with Crippen molar-refractivity contribution in [1.29, 1.82) is 0 Å². The van der Waals surface area contributed by atoms with Gasteiger partial charge >= 0.3 is 0 Å². The third kappa shape index (κ3) is 6.16. The van der Waals surface area contributed by atoms with E-state index < -0.39 is 49.6 Å². The van der Waals surface area contributed by atoms with Crippen LogP contribution in [0.1, 0.15) is 76.8 Å². The topological polar surface area (TPSA) is 172 Å². The van der Waals surface area contributed by atoms with Gasteiger partial charge in [0, 0.05) is 6.42 Å². The molecule has 1 unspecified atom stereocenters. The molecule has 13 heteroatoms. The minimum absolute atomic E-state index is 0.0285. The van der Waals surface area contributed by atoms with Crippen LogP contribution in [0.15, 0.2) is 46.2 Å². The van der Waals surface area contributed by atoms with E-state index in [9.17, 15) is 40.6 Å². The van der Waals surface area contributed by atoms with Gasteiger partial charge in [-0.05, 0) is 56.4 Å². The van der Waals surface area contributed by atoms with Crippen LogP contribution in [0, 0.1) is 6.92 Å². The Bertz CT molecular complexity index is 1600. The molecule has 2 aliphatic heterocycles. The second kappa shape index (κ2) is 11.6. The van der Waals surface area contributed by atoms with Crippen molar-refractivity contribution < 1.29 is 40.6 Å². The van der Waals surface area contributed by atoms with Crippen molar-refractivity contribution in [2.24, 2.45) is 0 Å². The fraction of sp³-hybridized carbons (Fsp3) is 0.407. The van der Waals surface area contributed by atoms with Crippen LogP contribution in [0.3, 0.4) is 0 Å². The quantitative estimate of drug-likeness (QED) is 0.227. The predicted octanol–water partition coefficient (Wildman–Crippen LogP) is 2.61. The number of rotatable bonds is 11. The number of hydrogen-bond donors (Lipinski definition) is 2. The summed E-state index contributed by atoms with van der Waals surface area (Å²) in [5, 5.41) is 2.11. The summed E-state index contributed by atoms with van der Waals surface area (Å²) < 4.78 is 59.0. The Kier molecular flexibility index (Phi) is 8.57. The molecule has 40 heavy (non-hydrogen) atoms. The van der Waals surface area contributed by atoms with E-state index in [1.54, 1.807) is 12.1 Å². The molecule has 2 heterocycles. The van der Waals surface area contributed by atoms with Crippen LogP contribution in [-0.4, -0.2) is 61.7 Å². The molecule has 0 bridgehead atoms. The Morgan fingerprint density at radius 3 is 2.30 bits per heavy atom. The number of imide groups is 2. The summed E-state index contributed by atoms with van der Waals surface area (Å²) in [6, 6.07) is 7.55. The number of carbonyl (C=O) groups excluding carboxylic acids is 4. The number of piperidine rings is 1. The molecule has 2 N–H and O–H groups in total. The number of unbranched alkanes of at least 4 members (excludes halogenated alkanes) is 4. The first-order chi connectivity index (χ1) is 18.8. The molecule has 1 fully saturated rings. The van der Waals surface area contributed by atoms with E-state index >= 15 is 0 Å². The van der Waals surface area contributed by atoms with Crippen LogP contribution in [0.4, 0.5) is 0 Å². The number of carbonyl (C=O) groups is 4. The van der Waals surface area contributed by atoms with Gasteiger partial charge in [0.25, 0.3) is 21.9 Å². The van der Waals surface area contributed by atoms with Crippen molar-refractivity contribution >= 4 is 43.6 Å². The number of nitrogens with zero attached hydrogens (tertiary/aromatic N) is 1. The maximum absolute atomic E-state index is 13.2. The highest BCUT2D eigenvalue weighted by molar-refractivity contribution is 7.91. The molecule has 2 aromatic carbocycles. The molecular formula is C27H30N2O9S2. The number of aryl methyl sites for hydroxylation is 2. The van der Waals surface area contributed by atoms with Crippen LogP contribution in [0.5, 0.6) is 0 Å². The molecule has 0 aliphatic carbocycles. The van der Waals surface area contributed by atoms with Gasteiger partial charge in [0.15, 0.2) is 9.84 Å². The first-order valence-corrected chi connectivity index (χ1v) is 16.0. The van der Waals surface area contributed by atoms with Gasteiger partial charge in [-0.2, -0.15) is 8.42 Å². The van der Waals surface area contributed by atoms with Gasteiger partial charge in [0.2, 0.25) is 11.8 Å². The lowest BCUT2D eigenvalue weighted by Gasteiger charge is -2.27. The standard InChI is InChI=1S/C27H30N2O9S2/c1-17-11-13-21(40(36,37)38)18(16-17)8-5-3-2-4-6-15-39(34,35)22-10-7-9-19-24(22)27(33)29(26(19)32)20-12-14-23(30)28-25(20)31/h7,9-11,13,16,20H,2-6,8,12,14-15H2,1H3,(H,28,30,31)(H,36,37,38). The molecule has 0 saturated carbocycles. The van der Waals surface area contributed by atoms with Gasteiger partial charge in [-0.25, -0.2) is 8.42 Å². The van der Waals surface area contributed by atoms with E-state index in [1.165, 1.54) is 24.3 Å². The zero-order chi connectivity index (χ0) is 29.2. The van der Waals surface area contributed by atoms with Crippen molar-refractivity contribution in [3.05, 3.63) is 58.7 Å². The van der Waals surface area contributed by atoms with Crippen LogP contribution in [0.25, 0.3) is 0 Å². The maximum atomic E-state index is 13.2. The second-order valence-corrected chi connectivity index (χ2v) is 13.5. The van der Waals surface area contributed by atoms with Gasteiger partial charge in [-0.3, -0.25) is 33.9 Å². The summed E-state index contributed by atoms with van der Waals surface area (Å²) in [6.07, 6.45) is 3.32. The SMILES string of the molecule is Cc1ccc(S(=O)(=O)O)c(CCCCCCCS(=O)(=O)c2cccc3c2C(=O)N(C2CCC(=O)NC2=O)C3=O)c1. The third-order valence-electron chi connectivity index (χ3n) is 7.12. The summed E-state index contributed by atoms with van der Waals surface area (Å²) in [4.78, 5) is 50.3. The maximum Gasteiger partial charge on any atom is 0.294 e. The van der Waals surface area contributed by atoms with E-state index in [-0.39, 0.29) is 39.5 Å². The summed E-state index contributed by atoms with van der Waals surface area (Å²) >= 11 is 0. The lowest BCUT2D eigenvalue weighted by atomic mass is 10.0. The summed E-state index contributed by atoms with van der Waals surface area (Å²) in [7, 11) is -8.25. The molecule has 11 nitrogen and oxygen atoms in total. The average molecular weight is 591 g/mol. The Morgan fingerprint density at radius 2 is 1.60 bits per heavy atom. The largest absolute Gasteiger partial charge is 0.295 e. The lowest BCUT2D eigenvalue weighted by molar-refractivity contribution is -0.136. The first kappa shape index (κ1) is 29.6. The van der Waals surface area contributed by atoms with E-state index in [0.717, 1.165) is 10.5 Å². The number of fused-ring (bicyclic) bond motifs is 1. The van der Waals surface area contributed by atoms with E-state index in [2.05, 4.69) is 5.32 Å². The summed E-state index contributed by atoms with van der Waals surface area (Å²) in [6.45, 7) is 1.83. The van der Waals surface area contributed by atoms with Gasteiger partial charge in [-0.1, -0.05) is 43.0 Å². The molecule has 0 radical (unpaired) electrons. The molecule has 0 aromatic heterocycles. The number of nitrogens with one attached hydrogen (secondary N) is 1. The number of benzene rings is 2. The highest BCUT2D eigenvalue weighted by atomic mass is 32.2. The van der Waals surface area contributed by atoms with Crippen molar-refractivity contribution in [2.75, 3.05) is 5.75 Å². The van der Waals surface area contributed by atoms with Gasteiger partial charge in [0.1, 0.15) is 6.04 Å². The molecule has 214 valence electrons. The van der Waals surface area contributed by atoms with Crippen molar-refractivity contribution in [3.63, 3.8) is 0 Å². The number of amides is 4. The fourth-order valence-corrected chi connectivity index (χ4v) is 7.48. The molecule has 4 rings (SSSR count). The summed E-state index contributed by atoms with van der Waals surface area (Å²) in [5.74, 6) is -3.15. The average Bonchev–Trinajstić information content (AvgIpc) is 3.12. The van der Waals surface area contributed by atoms with Crippen LogP contribution in [-0.2, 0) is 36.0 Å². The predicted molar refractivity (Wildman–Crippen MR) is 143 cm³/mol. The molecule has 2 aliphatic rings. The molecule has 0 spiro atoms. The lowest BCUT2D eigenvalue weighted by Crippen LogP contribution is -2.54. The number of sulfone groups is 1. The van der Waals surface area contributed by atoms with Crippen molar-refractivity contribution in [1.82, 2.24) is 10.2 Å². The Balaban J connectivity index is 1.34. The number of hydrogen-bond acceptors (Lipinski definition) is 8. The Morgan fingerprint density at radius 1 is 0.900 bits per heavy atom. The first-order valence-electron chi connectivity index (χ1n) is 13.0. The van der Waals surface area contributed by atoms with Gasteiger partial charge in [-0.15, -0.1) is 0 Å². The van der Waals surface area contributed by atoms with Crippen LogP contribution < -0.4 is 5.32 Å². The molecular weight excluding hydrogens is 560 g/mol. The molecule has 2 aromatic rings. The van der Waals surface area contributed by atoms with E-state index in [4.69, 9.17) is 0 Å². The molecule has 1 atom stereocenters. The second-order valence-electron chi connectivity index (χ2n) is 10.0. The van der Waals surface area contributed by atoms with E-state index in [0.29, 0.717) is 44.1 Å².